The zero-order valence-corrected chi connectivity index (χ0v) is 14.2. The maximum Gasteiger partial charge on any atom is 0.208 e. The molecule has 0 atom stereocenters. The van der Waals surface area contributed by atoms with Gasteiger partial charge in [0.25, 0.3) is 0 Å². The summed E-state index contributed by atoms with van der Waals surface area (Å²) in [5.41, 5.74) is 3.95. The topological polar surface area (TPSA) is 47.8 Å². The number of aromatic nitrogens is 3. The highest BCUT2D eigenvalue weighted by Gasteiger charge is 2.15. The zero-order chi connectivity index (χ0) is 17.1. The molecule has 3 rings (SSSR count). The van der Waals surface area contributed by atoms with Crippen LogP contribution >= 0.6 is 11.6 Å². The van der Waals surface area contributed by atoms with E-state index in [4.69, 9.17) is 11.6 Å². The van der Waals surface area contributed by atoms with Crippen LogP contribution < -0.4 is 0 Å². The van der Waals surface area contributed by atoms with Gasteiger partial charge in [0.2, 0.25) is 5.78 Å². The Morgan fingerprint density at radius 1 is 1.12 bits per heavy atom. The Hall–Kier alpha value is -2.72. The lowest BCUT2D eigenvalue weighted by Gasteiger charge is -2.03. The molecule has 0 aliphatic rings. The predicted octanol–water partition coefficient (Wildman–Crippen LogP) is 4.43. The summed E-state index contributed by atoms with van der Waals surface area (Å²) in [6.07, 6.45) is 3.21. The Labute approximate surface area is 145 Å². The van der Waals surface area contributed by atoms with E-state index in [0.717, 1.165) is 16.8 Å². The molecular weight excluding hydrogens is 322 g/mol. The van der Waals surface area contributed by atoms with E-state index in [2.05, 4.69) is 10.3 Å². The normalized spacial score (nSPS) is 11.1. The number of carbonyl (C=O) groups is 1. The van der Waals surface area contributed by atoms with Crippen molar-refractivity contribution in [3.05, 3.63) is 82.1 Å². The Morgan fingerprint density at radius 3 is 2.58 bits per heavy atom. The summed E-state index contributed by atoms with van der Waals surface area (Å²) in [6, 6.07) is 15.2. The van der Waals surface area contributed by atoms with Gasteiger partial charge in [0.1, 0.15) is 0 Å². The van der Waals surface area contributed by atoms with Gasteiger partial charge >= 0.3 is 0 Å². The smallest absolute Gasteiger partial charge is 0.208 e. The molecule has 2 aromatic carbocycles. The molecule has 0 aliphatic carbocycles. The molecule has 0 spiro atoms. The quantitative estimate of drug-likeness (QED) is 0.522. The van der Waals surface area contributed by atoms with E-state index in [1.54, 1.807) is 22.9 Å². The maximum atomic E-state index is 12.4. The average molecular weight is 338 g/mol. The molecule has 3 aromatic rings. The van der Waals surface area contributed by atoms with Gasteiger partial charge in [-0.1, -0.05) is 52.7 Å². The Balaban J connectivity index is 1.85. The zero-order valence-electron chi connectivity index (χ0n) is 13.4. The van der Waals surface area contributed by atoms with Gasteiger partial charge in [0.05, 0.1) is 11.4 Å². The lowest BCUT2D eigenvalue weighted by atomic mass is 10.1. The first-order chi connectivity index (χ1) is 11.5. The van der Waals surface area contributed by atoms with E-state index in [1.807, 2.05) is 50.2 Å². The lowest BCUT2D eigenvalue weighted by molar-refractivity contribution is 0.104. The lowest BCUT2D eigenvalue weighted by Crippen LogP contribution is -2.01. The standard InChI is InChI=1S/C19H16ClN3O/c1-13-6-9-17(10-7-13)23-14(2)19(21-22-23)18(24)11-8-15-4-3-5-16(20)12-15/h3-12H,1-2H3/b11-8+. The third-order valence-electron chi connectivity index (χ3n) is 3.68. The molecule has 5 heteroatoms. The molecule has 0 saturated carbocycles. The van der Waals surface area contributed by atoms with Gasteiger partial charge in [-0.15, -0.1) is 5.10 Å². The van der Waals surface area contributed by atoms with Crippen molar-refractivity contribution in [1.29, 1.82) is 0 Å². The van der Waals surface area contributed by atoms with E-state index >= 15 is 0 Å². The van der Waals surface area contributed by atoms with Crippen LogP contribution in [0.1, 0.15) is 27.3 Å². The summed E-state index contributed by atoms with van der Waals surface area (Å²) in [4.78, 5) is 12.4. The molecule has 0 unspecified atom stereocenters. The molecule has 24 heavy (non-hydrogen) atoms. The van der Waals surface area contributed by atoms with Gasteiger partial charge in [-0.3, -0.25) is 4.79 Å². The second kappa shape index (κ2) is 6.81. The molecule has 0 fully saturated rings. The van der Waals surface area contributed by atoms with Crippen LogP contribution in [0.4, 0.5) is 0 Å². The van der Waals surface area contributed by atoms with Crippen molar-refractivity contribution in [1.82, 2.24) is 15.0 Å². The molecule has 0 bridgehead atoms. The molecule has 0 N–H and O–H groups in total. The fraction of sp³-hybridized carbons (Fsp3) is 0.105. The third kappa shape index (κ3) is 3.44. The highest BCUT2D eigenvalue weighted by molar-refractivity contribution is 6.30. The molecule has 1 heterocycles. The van der Waals surface area contributed by atoms with Crippen LogP contribution in [0.3, 0.4) is 0 Å². The van der Waals surface area contributed by atoms with Crippen LogP contribution in [0.15, 0.2) is 54.6 Å². The van der Waals surface area contributed by atoms with Crippen molar-refractivity contribution in [2.75, 3.05) is 0 Å². The fourth-order valence-corrected chi connectivity index (χ4v) is 2.55. The SMILES string of the molecule is Cc1ccc(-n2nnc(C(=O)/C=C/c3cccc(Cl)c3)c2C)cc1. The fourth-order valence-electron chi connectivity index (χ4n) is 2.35. The summed E-state index contributed by atoms with van der Waals surface area (Å²) in [5, 5.41) is 8.76. The Morgan fingerprint density at radius 2 is 1.88 bits per heavy atom. The van der Waals surface area contributed by atoms with Gasteiger partial charge in [0, 0.05) is 5.02 Å². The minimum Gasteiger partial charge on any atom is -0.287 e. The third-order valence-corrected chi connectivity index (χ3v) is 3.92. The van der Waals surface area contributed by atoms with Crippen LogP contribution in [0.2, 0.25) is 5.02 Å². The number of hydrogen-bond donors (Lipinski definition) is 0. The van der Waals surface area contributed by atoms with Gasteiger partial charge in [-0.2, -0.15) is 0 Å². The number of allylic oxidation sites excluding steroid dienone is 1. The molecule has 0 amide bonds. The van der Waals surface area contributed by atoms with Crippen molar-refractivity contribution in [2.24, 2.45) is 0 Å². The van der Waals surface area contributed by atoms with Gasteiger partial charge in [0.15, 0.2) is 5.69 Å². The number of hydrogen-bond acceptors (Lipinski definition) is 3. The summed E-state index contributed by atoms with van der Waals surface area (Å²) in [6.45, 7) is 3.86. The van der Waals surface area contributed by atoms with Crippen molar-refractivity contribution in [3.8, 4) is 5.69 Å². The molecule has 0 saturated heterocycles. The molecule has 0 aliphatic heterocycles. The molecular formula is C19H16ClN3O. The van der Waals surface area contributed by atoms with Crippen molar-refractivity contribution < 1.29 is 4.79 Å². The number of rotatable bonds is 4. The van der Waals surface area contributed by atoms with Gasteiger partial charge in [-0.25, -0.2) is 4.68 Å². The largest absolute Gasteiger partial charge is 0.287 e. The van der Waals surface area contributed by atoms with E-state index in [1.165, 1.54) is 6.08 Å². The van der Waals surface area contributed by atoms with E-state index < -0.39 is 0 Å². The first-order valence-corrected chi connectivity index (χ1v) is 7.90. The summed E-state index contributed by atoms with van der Waals surface area (Å²) in [5.74, 6) is -0.189. The van der Waals surface area contributed by atoms with Crippen LogP contribution in [0.5, 0.6) is 0 Å². The number of halogens is 1. The highest BCUT2D eigenvalue weighted by Crippen LogP contribution is 2.15. The average Bonchev–Trinajstić information content (AvgIpc) is 2.95. The molecule has 1 aromatic heterocycles. The van der Waals surface area contributed by atoms with Crippen molar-refractivity contribution in [3.63, 3.8) is 0 Å². The Bertz CT molecular complexity index is 911. The van der Waals surface area contributed by atoms with Crippen LogP contribution in [0.25, 0.3) is 11.8 Å². The van der Waals surface area contributed by atoms with Crippen LogP contribution in [-0.4, -0.2) is 20.8 Å². The maximum absolute atomic E-state index is 12.4. The number of benzene rings is 2. The first-order valence-electron chi connectivity index (χ1n) is 7.52. The van der Waals surface area contributed by atoms with Gasteiger partial charge in [-0.05, 0) is 49.8 Å². The van der Waals surface area contributed by atoms with E-state index in [-0.39, 0.29) is 5.78 Å². The number of carbonyl (C=O) groups excluding carboxylic acids is 1. The summed E-state index contributed by atoms with van der Waals surface area (Å²) >= 11 is 5.94. The summed E-state index contributed by atoms with van der Waals surface area (Å²) < 4.78 is 1.67. The van der Waals surface area contributed by atoms with E-state index in [9.17, 15) is 4.79 Å². The number of ketones is 1. The van der Waals surface area contributed by atoms with Crippen LogP contribution in [-0.2, 0) is 0 Å². The van der Waals surface area contributed by atoms with Crippen LogP contribution in [0, 0.1) is 13.8 Å². The van der Waals surface area contributed by atoms with Crippen molar-refractivity contribution >= 4 is 23.5 Å². The minimum atomic E-state index is -0.189. The minimum absolute atomic E-state index is 0.189. The van der Waals surface area contributed by atoms with Gasteiger partial charge < -0.3 is 0 Å². The van der Waals surface area contributed by atoms with Crippen molar-refractivity contribution in [2.45, 2.75) is 13.8 Å². The second-order valence-corrected chi connectivity index (χ2v) is 5.96. The molecule has 120 valence electrons. The summed E-state index contributed by atoms with van der Waals surface area (Å²) in [7, 11) is 0. The predicted molar refractivity (Wildman–Crippen MR) is 95.6 cm³/mol. The first kappa shape index (κ1) is 16.1. The number of aryl methyl sites for hydroxylation is 1. The second-order valence-electron chi connectivity index (χ2n) is 5.52. The number of nitrogens with zero attached hydrogens (tertiary/aromatic N) is 3. The van der Waals surface area contributed by atoms with E-state index in [0.29, 0.717) is 16.4 Å². The highest BCUT2D eigenvalue weighted by atomic mass is 35.5. The molecule has 4 nitrogen and oxygen atoms in total. The monoisotopic (exact) mass is 337 g/mol. The molecule has 0 radical (unpaired) electrons. The Kier molecular flexibility index (Phi) is 4.58.